The first-order valence-electron chi connectivity index (χ1n) is 12.3. The topological polar surface area (TPSA) is 77.4 Å². The zero-order valence-corrected chi connectivity index (χ0v) is 22.5. The Balaban J connectivity index is 1.32. The number of amides is 1. The van der Waals surface area contributed by atoms with Gasteiger partial charge in [0.15, 0.2) is 5.76 Å². The number of furan rings is 1. The second-order valence-corrected chi connectivity index (χ2v) is 10.2. The molecule has 0 spiro atoms. The van der Waals surface area contributed by atoms with Gasteiger partial charge in [-0.25, -0.2) is 4.98 Å². The van der Waals surface area contributed by atoms with Crippen molar-refractivity contribution < 1.29 is 9.21 Å². The van der Waals surface area contributed by atoms with Gasteiger partial charge in [-0.15, -0.1) is 0 Å². The van der Waals surface area contributed by atoms with Crippen molar-refractivity contribution in [2.75, 3.05) is 29.9 Å². The molecule has 0 saturated carbocycles. The van der Waals surface area contributed by atoms with Crippen LogP contribution in [0, 0.1) is 0 Å². The highest BCUT2D eigenvalue weighted by Crippen LogP contribution is 2.32. The van der Waals surface area contributed by atoms with Crippen LogP contribution in [0.5, 0.6) is 0 Å². The lowest BCUT2D eigenvalue weighted by Crippen LogP contribution is -2.56. The highest BCUT2D eigenvalue weighted by Gasteiger charge is 2.28. The van der Waals surface area contributed by atoms with Gasteiger partial charge in [0, 0.05) is 42.1 Å². The highest BCUT2D eigenvalue weighted by atomic mass is 35.5. The van der Waals surface area contributed by atoms with Crippen LogP contribution in [0.1, 0.15) is 31.1 Å². The molecule has 5 rings (SSSR count). The fourth-order valence-electron chi connectivity index (χ4n) is 5.07. The van der Waals surface area contributed by atoms with Gasteiger partial charge in [-0.05, 0) is 68.9 Å². The lowest BCUT2D eigenvalue weighted by atomic mass is 10.1. The smallest absolute Gasteiger partial charge is 0.257 e. The molecule has 0 bridgehead atoms. The third kappa shape index (κ3) is 5.25. The first-order valence-corrected chi connectivity index (χ1v) is 13.1. The van der Waals surface area contributed by atoms with Crippen molar-refractivity contribution in [3.63, 3.8) is 0 Å². The molecule has 9 heteroatoms. The molecule has 0 unspecified atom stereocenters. The SMILES string of the molecule is CCN1[C@H](C)CN(c2ccc(C(=O)Nc3ccc(Cl)c(-c4ncc(-c5ccco5)[nH]4)c3)c(Cl)c2)C[C@@H]1C. The molecule has 1 amide bonds. The number of rotatable bonds is 6. The third-order valence-electron chi connectivity index (χ3n) is 6.87. The number of nitrogens with zero attached hydrogens (tertiary/aromatic N) is 3. The average molecular weight is 538 g/mol. The molecule has 2 atom stereocenters. The zero-order chi connectivity index (χ0) is 26.1. The minimum absolute atomic E-state index is 0.293. The summed E-state index contributed by atoms with van der Waals surface area (Å²) < 4.78 is 5.42. The molecule has 1 saturated heterocycles. The Hall–Kier alpha value is -3.26. The van der Waals surface area contributed by atoms with E-state index in [1.165, 1.54) is 0 Å². The van der Waals surface area contributed by atoms with Crippen molar-refractivity contribution in [2.45, 2.75) is 32.9 Å². The molecule has 4 aromatic rings. The normalized spacial score (nSPS) is 18.2. The number of aromatic amines is 1. The van der Waals surface area contributed by atoms with Crippen molar-refractivity contribution in [3.8, 4) is 22.8 Å². The summed E-state index contributed by atoms with van der Waals surface area (Å²) in [5.41, 5.74) is 3.41. The number of imidazole rings is 1. The lowest BCUT2D eigenvalue weighted by molar-refractivity contribution is 0.102. The number of nitrogens with one attached hydrogen (secondary N) is 2. The Morgan fingerprint density at radius 2 is 1.89 bits per heavy atom. The summed E-state index contributed by atoms with van der Waals surface area (Å²) in [4.78, 5) is 25.6. The molecule has 37 heavy (non-hydrogen) atoms. The number of piperazine rings is 1. The average Bonchev–Trinajstić information content (AvgIpc) is 3.57. The number of carbonyl (C=O) groups is 1. The van der Waals surface area contributed by atoms with Crippen LogP contribution in [-0.2, 0) is 0 Å². The van der Waals surface area contributed by atoms with Crippen LogP contribution in [0.25, 0.3) is 22.8 Å². The van der Waals surface area contributed by atoms with E-state index in [0.29, 0.717) is 50.5 Å². The van der Waals surface area contributed by atoms with Gasteiger partial charge in [0.05, 0.1) is 28.1 Å². The van der Waals surface area contributed by atoms with Crippen LogP contribution >= 0.6 is 23.2 Å². The van der Waals surface area contributed by atoms with E-state index >= 15 is 0 Å². The molecule has 3 heterocycles. The molecule has 2 aromatic heterocycles. The van der Waals surface area contributed by atoms with Gasteiger partial charge >= 0.3 is 0 Å². The van der Waals surface area contributed by atoms with Gasteiger partial charge in [0.25, 0.3) is 5.91 Å². The van der Waals surface area contributed by atoms with E-state index < -0.39 is 0 Å². The van der Waals surface area contributed by atoms with E-state index in [4.69, 9.17) is 27.6 Å². The number of likely N-dealkylation sites (N-methyl/N-ethyl adjacent to an activating group) is 1. The number of carbonyl (C=O) groups excluding carboxylic acids is 1. The summed E-state index contributed by atoms with van der Waals surface area (Å²) in [5.74, 6) is 0.952. The van der Waals surface area contributed by atoms with Gasteiger partial charge in [-0.1, -0.05) is 30.1 Å². The Bertz CT molecular complexity index is 1390. The minimum atomic E-state index is -0.293. The standard InChI is InChI=1S/C28H29Cl2N5O2/c1-4-35-17(2)15-34(16-18(35)3)20-8-9-21(24(30)13-20)28(36)32-19-7-10-23(29)22(12-19)27-31-14-25(33-27)26-6-5-11-37-26/h5-14,17-18H,4,15-16H2,1-3H3,(H,31,33)(H,32,36)/t17-,18+. The number of H-pyrrole nitrogens is 1. The monoisotopic (exact) mass is 537 g/mol. The van der Waals surface area contributed by atoms with Crippen LogP contribution in [0.3, 0.4) is 0 Å². The quantitative estimate of drug-likeness (QED) is 0.282. The van der Waals surface area contributed by atoms with Crippen molar-refractivity contribution in [2.24, 2.45) is 0 Å². The second-order valence-electron chi connectivity index (χ2n) is 9.37. The van der Waals surface area contributed by atoms with Crippen LogP contribution < -0.4 is 10.2 Å². The molecule has 2 aromatic carbocycles. The summed E-state index contributed by atoms with van der Waals surface area (Å²) >= 11 is 13.0. The summed E-state index contributed by atoms with van der Waals surface area (Å²) in [5, 5.41) is 3.86. The Morgan fingerprint density at radius 3 is 2.57 bits per heavy atom. The molecule has 0 aliphatic carbocycles. The van der Waals surface area contributed by atoms with Crippen molar-refractivity contribution in [1.82, 2.24) is 14.9 Å². The number of halogens is 2. The van der Waals surface area contributed by atoms with E-state index in [9.17, 15) is 4.79 Å². The maximum atomic E-state index is 13.1. The molecule has 1 aliphatic heterocycles. The Kier molecular flexibility index (Phi) is 7.29. The molecule has 1 aliphatic rings. The molecule has 7 nitrogen and oxygen atoms in total. The van der Waals surface area contributed by atoms with Gasteiger partial charge in [-0.2, -0.15) is 0 Å². The maximum Gasteiger partial charge on any atom is 0.257 e. The summed E-state index contributed by atoms with van der Waals surface area (Å²) in [7, 11) is 0. The summed E-state index contributed by atoms with van der Waals surface area (Å²) in [6.45, 7) is 9.56. The number of aromatic nitrogens is 2. The molecule has 2 N–H and O–H groups in total. The van der Waals surface area contributed by atoms with E-state index in [-0.39, 0.29) is 5.91 Å². The molecule has 192 valence electrons. The largest absolute Gasteiger partial charge is 0.463 e. The predicted octanol–water partition coefficient (Wildman–Crippen LogP) is 6.81. The lowest BCUT2D eigenvalue weighted by Gasteiger charge is -2.45. The van der Waals surface area contributed by atoms with E-state index in [1.54, 1.807) is 36.7 Å². The van der Waals surface area contributed by atoms with Crippen LogP contribution in [-0.4, -0.2) is 52.5 Å². The second kappa shape index (κ2) is 10.6. The van der Waals surface area contributed by atoms with E-state index in [2.05, 4.69) is 45.9 Å². The van der Waals surface area contributed by atoms with Crippen LogP contribution in [0.2, 0.25) is 10.0 Å². The predicted molar refractivity (Wildman–Crippen MR) is 150 cm³/mol. The number of benzene rings is 2. The maximum absolute atomic E-state index is 13.1. The van der Waals surface area contributed by atoms with Gasteiger partial charge < -0.3 is 19.6 Å². The Morgan fingerprint density at radius 1 is 1.11 bits per heavy atom. The third-order valence-corrected chi connectivity index (χ3v) is 7.51. The summed E-state index contributed by atoms with van der Waals surface area (Å²) in [6.07, 6.45) is 3.28. The van der Waals surface area contributed by atoms with Crippen molar-refractivity contribution in [3.05, 3.63) is 76.6 Å². The van der Waals surface area contributed by atoms with E-state index in [1.807, 2.05) is 24.3 Å². The fraction of sp³-hybridized carbons (Fsp3) is 0.286. The van der Waals surface area contributed by atoms with E-state index in [0.717, 1.165) is 31.0 Å². The number of hydrogen-bond donors (Lipinski definition) is 2. The molecular weight excluding hydrogens is 509 g/mol. The zero-order valence-electron chi connectivity index (χ0n) is 21.0. The molecular formula is C28H29Cl2N5O2. The van der Waals surface area contributed by atoms with Crippen molar-refractivity contribution in [1.29, 1.82) is 0 Å². The van der Waals surface area contributed by atoms with Gasteiger partial charge in [0.2, 0.25) is 0 Å². The Labute approximate surface area is 226 Å². The summed E-state index contributed by atoms with van der Waals surface area (Å²) in [6, 6.07) is 15.4. The van der Waals surface area contributed by atoms with Crippen molar-refractivity contribution >= 4 is 40.5 Å². The van der Waals surface area contributed by atoms with Crippen LogP contribution in [0.4, 0.5) is 11.4 Å². The number of anilines is 2. The molecule has 1 fully saturated rings. The first-order chi connectivity index (χ1) is 17.8. The number of hydrogen-bond acceptors (Lipinski definition) is 5. The molecule has 0 radical (unpaired) electrons. The highest BCUT2D eigenvalue weighted by molar-refractivity contribution is 6.35. The van der Waals surface area contributed by atoms with Gasteiger partial charge in [0.1, 0.15) is 11.5 Å². The first kappa shape index (κ1) is 25.4. The minimum Gasteiger partial charge on any atom is -0.463 e. The van der Waals surface area contributed by atoms with Gasteiger partial charge in [-0.3, -0.25) is 9.69 Å². The van der Waals surface area contributed by atoms with Crippen LogP contribution in [0.15, 0.2) is 65.4 Å². The fourth-order valence-corrected chi connectivity index (χ4v) is 5.54.